The molecule has 1 fully saturated rings. The van der Waals surface area contributed by atoms with Gasteiger partial charge >= 0.3 is 0 Å². The Kier molecular flexibility index (Phi) is 8.55. The minimum absolute atomic E-state index is 0.00844. The molecule has 6 nitrogen and oxygen atoms in total. The molecule has 0 aliphatic carbocycles. The first-order chi connectivity index (χ1) is 10.8. The van der Waals surface area contributed by atoms with E-state index in [1.165, 1.54) is 0 Å². The summed E-state index contributed by atoms with van der Waals surface area (Å²) in [5.74, 6) is 0.181. The molecule has 0 radical (unpaired) electrons. The van der Waals surface area contributed by atoms with Crippen LogP contribution in [-0.2, 0) is 19.1 Å². The summed E-state index contributed by atoms with van der Waals surface area (Å²) in [5.41, 5.74) is 0. The van der Waals surface area contributed by atoms with Gasteiger partial charge in [0.1, 0.15) is 6.61 Å². The molecule has 23 heavy (non-hydrogen) atoms. The number of amides is 2. The highest BCUT2D eigenvalue weighted by molar-refractivity contribution is 5.80. The van der Waals surface area contributed by atoms with Crippen LogP contribution in [0.25, 0.3) is 0 Å². The molecule has 0 aromatic rings. The fourth-order valence-electron chi connectivity index (χ4n) is 2.55. The maximum atomic E-state index is 12.4. The average Bonchev–Trinajstić information content (AvgIpc) is 2.51. The third-order valence-corrected chi connectivity index (χ3v) is 3.99. The second-order valence-electron chi connectivity index (χ2n) is 6.69. The molecule has 0 aromatic heterocycles. The van der Waals surface area contributed by atoms with E-state index in [4.69, 9.17) is 9.47 Å². The quantitative estimate of drug-likeness (QED) is 0.678. The molecular formula is C17H32N2O4. The maximum Gasteiger partial charge on any atom is 0.248 e. The van der Waals surface area contributed by atoms with Crippen molar-refractivity contribution in [2.24, 2.45) is 5.92 Å². The van der Waals surface area contributed by atoms with E-state index in [-0.39, 0.29) is 36.5 Å². The van der Waals surface area contributed by atoms with Crippen molar-refractivity contribution in [2.45, 2.75) is 52.7 Å². The summed E-state index contributed by atoms with van der Waals surface area (Å²) in [7, 11) is 1.82. The van der Waals surface area contributed by atoms with Gasteiger partial charge in [-0.25, -0.2) is 0 Å². The van der Waals surface area contributed by atoms with Crippen LogP contribution in [0, 0.1) is 5.92 Å². The second kappa shape index (κ2) is 9.88. The van der Waals surface area contributed by atoms with E-state index >= 15 is 0 Å². The van der Waals surface area contributed by atoms with Gasteiger partial charge in [-0.3, -0.25) is 9.59 Å². The number of likely N-dealkylation sites (N-methyl/N-ethyl adjacent to an activating group) is 1. The Bertz CT molecular complexity index is 377. The first kappa shape index (κ1) is 19.9. The first-order valence-corrected chi connectivity index (χ1v) is 8.57. The van der Waals surface area contributed by atoms with Gasteiger partial charge in [0.2, 0.25) is 11.8 Å². The molecule has 1 aliphatic rings. The SMILES string of the molecule is CC(C)OCCN(C)C(=O)C1CCN(C(=O)COC(C)C)CC1. The minimum Gasteiger partial charge on any atom is -0.377 e. The van der Waals surface area contributed by atoms with Crippen LogP contribution in [0.2, 0.25) is 0 Å². The lowest BCUT2D eigenvalue weighted by molar-refractivity contribution is -0.143. The van der Waals surface area contributed by atoms with Crippen molar-refractivity contribution in [1.82, 2.24) is 9.80 Å². The fourth-order valence-corrected chi connectivity index (χ4v) is 2.55. The van der Waals surface area contributed by atoms with Crippen molar-refractivity contribution in [3.05, 3.63) is 0 Å². The maximum absolute atomic E-state index is 12.4. The summed E-state index contributed by atoms with van der Waals surface area (Å²) in [4.78, 5) is 28.0. The molecule has 0 spiro atoms. The van der Waals surface area contributed by atoms with Crippen LogP contribution in [0.1, 0.15) is 40.5 Å². The van der Waals surface area contributed by atoms with Crippen LogP contribution in [0.15, 0.2) is 0 Å². The number of carbonyl (C=O) groups excluding carboxylic acids is 2. The van der Waals surface area contributed by atoms with Crippen molar-refractivity contribution < 1.29 is 19.1 Å². The molecule has 2 amide bonds. The van der Waals surface area contributed by atoms with Gasteiger partial charge in [0.15, 0.2) is 0 Å². The lowest BCUT2D eigenvalue weighted by Gasteiger charge is -2.33. The van der Waals surface area contributed by atoms with Crippen molar-refractivity contribution in [1.29, 1.82) is 0 Å². The Morgan fingerprint density at radius 3 is 2.17 bits per heavy atom. The Balaban J connectivity index is 2.31. The molecule has 0 atom stereocenters. The summed E-state index contributed by atoms with van der Waals surface area (Å²) < 4.78 is 10.8. The molecule has 6 heteroatoms. The lowest BCUT2D eigenvalue weighted by atomic mass is 9.95. The van der Waals surface area contributed by atoms with Crippen molar-refractivity contribution >= 4 is 11.8 Å². The number of hydrogen-bond acceptors (Lipinski definition) is 4. The monoisotopic (exact) mass is 328 g/mol. The van der Waals surface area contributed by atoms with Crippen LogP contribution in [0.5, 0.6) is 0 Å². The van der Waals surface area contributed by atoms with E-state index in [9.17, 15) is 9.59 Å². The summed E-state index contributed by atoms with van der Waals surface area (Å²) in [6.45, 7) is 10.4. The van der Waals surface area contributed by atoms with Crippen molar-refractivity contribution in [3.8, 4) is 0 Å². The zero-order chi connectivity index (χ0) is 17.4. The van der Waals surface area contributed by atoms with Crippen LogP contribution >= 0.6 is 0 Å². The van der Waals surface area contributed by atoms with E-state index in [1.807, 2.05) is 34.7 Å². The van der Waals surface area contributed by atoms with Gasteiger partial charge in [-0.1, -0.05) is 0 Å². The Hall–Kier alpha value is -1.14. The van der Waals surface area contributed by atoms with Crippen molar-refractivity contribution in [3.63, 3.8) is 0 Å². The lowest BCUT2D eigenvalue weighted by Crippen LogP contribution is -2.45. The predicted molar refractivity (Wildman–Crippen MR) is 89.1 cm³/mol. The highest BCUT2D eigenvalue weighted by Gasteiger charge is 2.29. The largest absolute Gasteiger partial charge is 0.377 e. The van der Waals surface area contributed by atoms with Crippen LogP contribution in [0.3, 0.4) is 0 Å². The smallest absolute Gasteiger partial charge is 0.248 e. The van der Waals surface area contributed by atoms with E-state index in [0.717, 1.165) is 12.8 Å². The van der Waals surface area contributed by atoms with Crippen LogP contribution in [0.4, 0.5) is 0 Å². The number of hydrogen-bond donors (Lipinski definition) is 0. The number of likely N-dealkylation sites (tertiary alicyclic amines) is 1. The van der Waals surface area contributed by atoms with E-state index in [0.29, 0.717) is 26.2 Å². The third kappa shape index (κ3) is 7.31. The Morgan fingerprint density at radius 2 is 1.65 bits per heavy atom. The molecule has 0 saturated carbocycles. The number of nitrogens with zero attached hydrogens (tertiary/aromatic N) is 2. The first-order valence-electron chi connectivity index (χ1n) is 8.57. The van der Waals surface area contributed by atoms with Gasteiger partial charge in [0.05, 0.1) is 18.8 Å². The zero-order valence-corrected chi connectivity index (χ0v) is 15.2. The van der Waals surface area contributed by atoms with Gasteiger partial charge < -0.3 is 19.3 Å². The van der Waals surface area contributed by atoms with Crippen LogP contribution in [-0.4, -0.2) is 73.7 Å². The second-order valence-corrected chi connectivity index (χ2v) is 6.69. The summed E-state index contributed by atoms with van der Waals surface area (Å²) in [6, 6.07) is 0. The number of piperidine rings is 1. The van der Waals surface area contributed by atoms with E-state index < -0.39 is 0 Å². The number of rotatable bonds is 8. The Labute approximate surface area is 140 Å². The molecule has 0 N–H and O–H groups in total. The summed E-state index contributed by atoms with van der Waals surface area (Å²) in [6.07, 6.45) is 1.68. The fraction of sp³-hybridized carbons (Fsp3) is 0.882. The normalized spacial score (nSPS) is 16.2. The average molecular weight is 328 g/mol. The number of ether oxygens (including phenoxy) is 2. The molecule has 0 unspecified atom stereocenters. The standard InChI is InChI=1S/C17H32N2O4/c1-13(2)22-11-10-18(5)17(21)15-6-8-19(9-7-15)16(20)12-23-14(3)4/h13-15H,6-12H2,1-5H3. The van der Waals surface area contributed by atoms with Crippen LogP contribution < -0.4 is 0 Å². The molecule has 0 bridgehead atoms. The molecule has 0 aromatic carbocycles. The zero-order valence-electron chi connectivity index (χ0n) is 15.2. The highest BCUT2D eigenvalue weighted by atomic mass is 16.5. The molecule has 134 valence electrons. The summed E-state index contributed by atoms with van der Waals surface area (Å²) >= 11 is 0. The Morgan fingerprint density at radius 1 is 1.09 bits per heavy atom. The molecule has 1 aliphatic heterocycles. The highest BCUT2D eigenvalue weighted by Crippen LogP contribution is 2.19. The summed E-state index contributed by atoms with van der Waals surface area (Å²) in [5, 5.41) is 0. The van der Waals surface area contributed by atoms with Gasteiger partial charge in [-0.05, 0) is 40.5 Å². The number of carbonyl (C=O) groups is 2. The van der Waals surface area contributed by atoms with Gasteiger partial charge in [0, 0.05) is 32.6 Å². The van der Waals surface area contributed by atoms with Gasteiger partial charge in [-0.15, -0.1) is 0 Å². The van der Waals surface area contributed by atoms with E-state index in [2.05, 4.69) is 0 Å². The van der Waals surface area contributed by atoms with Gasteiger partial charge in [0.25, 0.3) is 0 Å². The molecule has 1 saturated heterocycles. The van der Waals surface area contributed by atoms with E-state index in [1.54, 1.807) is 9.80 Å². The third-order valence-electron chi connectivity index (χ3n) is 3.99. The molecule has 1 rings (SSSR count). The predicted octanol–water partition coefficient (Wildman–Crippen LogP) is 1.53. The van der Waals surface area contributed by atoms with Gasteiger partial charge in [-0.2, -0.15) is 0 Å². The minimum atomic E-state index is 0.00844. The molecular weight excluding hydrogens is 296 g/mol. The molecule has 1 heterocycles. The van der Waals surface area contributed by atoms with Crippen molar-refractivity contribution in [2.75, 3.05) is 39.9 Å². The topological polar surface area (TPSA) is 59.1 Å².